The van der Waals surface area contributed by atoms with Crippen LogP contribution in [0.5, 0.6) is 0 Å². The molecule has 2 nitrogen and oxygen atoms in total. The largest absolute Gasteiger partial charge is 0.316 e. The van der Waals surface area contributed by atoms with Gasteiger partial charge in [-0.05, 0) is 57.7 Å². The van der Waals surface area contributed by atoms with Crippen molar-refractivity contribution in [3.05, 3.63) is 0 Å². The first kappa shape index (κ1) is 15.0. The van der Waals surface area contributed by atoms with Crippen LogP contribution in [0, 0.1) is 11.3 Å². The first-order valence-electron chi connectivity index (χ1n) is 7.30. The summed E-state index contributed by atoms with van der Waals surface area (Å²) >= 11 is 0. The molecular weight excluding hydrogens is 208 g/mol. The van der Waals surface area contributed by atoms with Gasteiger partial charge in [0.1, 0.15) is 0 Å². The summed E-state index contributed by atoms with van der Waals surface area (Å²) in [6.07, 6.45) is 4.03. The minimum absolute atomic E-state index is 0.381. The Morgan fingerprint density at radius 3 is 2.35 bits per heavy atom. The second-order valence-electron chi connectivity index (χ2n) is 6.82. The average molecular weight is 240 g/mol. The molecule has 0 saturated heterocycles. The monoisotopic (exact) mass is 240 g/mol. The molecule has 1 aliphatic rings. The smallest absolute Gasteiger partial charge is 0.0136 e. The van der Waals surface area contributed by atoms with Gasteiger partial charge in [0.15, 0.2) is 0 Å². The molecule has 0 aromatic carbocycles. The molecule has 0 amide bonds. The van der Waals surface area contributed by atoms with Crippen molar-refractivity contribution in [2.75, 3.05) is 20.1 Å². The minimum Gasteiger partial charge on any atom is -0.316 e. The van der Waals surface area contributed by atoms with Crippen molar-refractivity contribution in [3.8, 4) is 0 Å². The Morgan fingerprint density at radius 1 is 1.29 bits per heavy atom. The van der Waals surface area contributed by atoms with Gasteiger partial charge >= 0.3 is 0 Å². The van der Waals surface area contributed by atoms with Crippen molar-refractivity contribution in [3.63, 3.8) is 0 Å². The van der Waals surface area contributed by atoms with E-state index in [1.54, 1.807) is 0 Å². The van der Waals surface area contributed by atoms with E-state index in [9.17, 15) is 0 Å². The molecule has 3 unspecified atom stereocenters. The summed E-state index contributed by atoms with van der Waals surface area (Å²) in [6, 6.07) is 1.45. The van der Waals surface area contributed by atoms with Crippen LogP contribution in [0.2, 0.25) is 0 Å². The fourth-order valence-electron chi connectivity index (χ4n) is 2.69. The van der Waals surface area contributed by atoms with E-state index in [1.165, 1.54) is 32.4 Å². The van der Waals surface area contributed by atoms with Gasteiger partial charge in [0, 0.05) is 12.1 Å². The highest BCUT2D eigenvalue weighted by Crippen LogP contribution is 2.35. The Hall–Kier alpha value is -0.0800. The average Bonchev–Trinajstić information content (AvgIpc) is 2.20. The highest BCUT2D eigenvalue weighted by molar-refractivity contribution is 4.92. The molecule has 0 aliphatic heterocycles. The standard InChI is InChI=1S/C15H32N2/c1-7-10-16-11-13-8-9-14(13)17(6)12(2)15(3,4)5/h12-14,16H,7-11H2,1-6H3. The van der Waals surface area contributed by atoms with E-state index in [0.717, 1.165) is 12.0 Å². The lowest BCUT2D eigenvalue weighted by atomic mass is 9.76. The molecular formula is C15H32N2. The fraction of sp³-hybridized carbons (Fsp3) is 1.00. The van der Waals surface area contributed by atoms with Crippen LogP contribution in [-0.4, -0.2) is 37.1 Å². The molecule has 0 radical (unpaired) electrons. The molecule has 0 aromatic heterocycles. The second kappa shape index (κ2) is 6.19. The topological polar surface area (TPSA) is 15.3 Å². The van der Waals surface area contributed by atoms with Gasteiger partial charge in [-0.15, -0.1) is 0 Å². The Morgan fingerprint density at radius 2 is 1.94 bits per heavy atom. The lowest BCUT2D eigenvalue weighted by Crippen LogP contribution is -2.54. The van der Waals surface area contributed by atoms with Crippen LogP contribution >= 0.6 is 0 Å². The van der Waals surface area contributed by atoms with Gasteiger partial charge in [0.2, 0.25) is 0 Å². The maximum Gasteiger partial charge on any atom is 0.0136 e. The van der Waals surface area contributed by atoms with Crippen molar-refractivity contribution >= 4 is 0 Å². The van der Waals surface area contributed by atoms with Gasteiger partial charge in [-0.25, -0.2) is 0 Å². The lowest BCUT2D eigenvalue weighted by molar-refractivity contribution is 0.0167. The van der Waals surface area contributed by atoms with Crippen molar-refractivity contribution in [2.24, 2.45) is 11.3 Å². The Labute approximate surface area is 108 Å². The molecule has 1 N–H and O–H groups in total. The Kier molecular flexibility index (Phi) is 5.46. The fourth-order valence-corrected chi connectivity index (χ4v) is 2.69. The SMILES string of the molecule is CCCNCC1CCC1N(C)C(C)C(C)(C)C. The summed E-state index contributed by atoms with van der Waals surface area (Å²) < 4.78 is 0. The zero-order valence-electron chi connectivity index (χ0n) is 12.7. The van der Waals surface area contributed by atoms with Crippen LogP contribution in [-0.2, 0) is 0 Å². The Balaban J connectivity index is 2.39. The number of hydrogen-bond acceptors (Lipinski definition) is 2. The first-order valence-corrected chi connectivity index (χ1v) is 7.30. The molecule has 1 aliphatic carbocycles. The van der Waals surface area contributed by atoms with Gasteiger partial charge in [0.25, 0.3) is 0 Å². The number of nitrogens with zero attached hydrogens (tertiary/aromatic N) is 1. The van der Waals surface area contributed by atoms with Gasteiger partial charge < -0.3 is 5.32 Å². The number of hydrogen-bond donors (Lipinski definition) is 1. The molecule has 3 atom stereocenters. The van der Waals surface area contributed by atoms with Crippen LogP contribution in [0.4, 0.5) is 0 Å². The van der Waals surface area contributed by atoms with Gasteiger partial charge in [0.05, 0.1) is 0 Å². The zero-order chi connectivity index (χ0) is 13.1. The van der Waals surface area contributed by atoms with E-state index >= 15 is 0 Å². The quantitative estimate of drug-likeness (QED) is 0.718. The number of rotatable bonds is 6. The maximum atomic E-state index is 3.57. The highest BCUT2D eigenvalue weighted by Gasteiger charge is 2.37. The molecule has 1 fully saturated rings. The van der Waals surface area contributed by atoms with Gasteiger partial charge in [-0.2, -0.15) is 0 Å². The summed E-state index contributed by atoms with van der Waals surface area (Å²) in [5.41, 5.74) is 0.381. The minimum atomic E-state index is 0.381. The lowest BCUT2D eigenvalue weighted by Gasteiger charge is -2.48. The first-order chi connectivity index (χ1) is 7.88. The van der Waals surface area contributed by atoms with Crippen LogP contribution in [0.1, 0.15) is 53.9 Å². The predicted molar refractivity (Wildman–Crippen MR) is 76.4 cm³/mol. The molecule has 17 heavy (non-hydrogen) atoms. The van der Waals surface area contributed by atoms with Crippen molar-refractivity contribution in [1.29, 1.82) is 0 Å². The predicted octanol–water partition coefficient (Wildman–Crippen LogP) is 3.13. The normalized spacial score (nSPS) is 27.0. The molecule has 102 valence electrons. The number of nitrogens with one attached hydrogen (secondary N) is 1. The second-order valence-corrected chi connectivity index (χ2v) is 6.82. The highest BCUT2D eigenvalue weighted by atomic mass is 15.2. The van der Waals surface area contributed by atoms with E-state index in [0.29, 0.717) is 11.5 Å². The molecule has 0 spiro atoms. The maximum absolute atomic E-state index is 3.57. The summed E-state index contributed by atoms with van der Waals surface area (Å²) in [4.78, 5) is 2.61. The molecule has 0 heterocycles. The van der Waals surface area contributed by atoms with Crippen LogP contribution in [0.15, 0.2) is 0 Å². The molecule has 2 heteroatoms. The third-order valence-corrected chi connectivity index (χ3v) is 4.60. The summed E-state index contributed by atoms with van der Waals surface area (Å²) in [5, 5.41) is 3.57. The molecule has 0 bridgehead atoms. The molecule has 1 rings (SSSR count). The summed E-state index contributed by atoms with van der Waals surface area (Å²) in [6.45, 7) is 14.0. The van der Waals surface area contributed by atoms with Crippen molar-refractivity contribution in [2.45, 2.75) is 66.0 Å². The van der Waals surface area contributed by atoms with E-state index in [2.05, 4.69) is 51.9 Å². The third-order valence-electron chi connectivity index (χ3n) is 4.60. The van der Waals surface area contributed by atoms with E-state index in [4.69, 9.17) is 0 Å². The van der Waals surface area contributed by atoms with Gasteiger partial charge in [-0.1, -0.05) is 27.7 Å². The zero-order valence-corrected chi connectivity index (χ0v) is 12.7. The van der Waals surface area contributed by atoms with Crippen molar-refractivity contribution < 1.29 is 0 Å². The van der Waals surface area contributed by atoms with E-state index in [-0.39, 0.29) is 0 Å². The van der Waals surface area contributed by atoms with Crippen LogP contribution in [0.25, 0.3) is 0 Å². The van der Waals surface area contributed by atoms with E-state index < -0.39 is 0 Å². The Bertz CT molecular complexity index is 219. The molecule has 0 aromatic rings. The summed E-state index contributed by atoms with van der Waals surface area (Å²) in [7, 11) is 2.31. The summed E-state index contributed by atoms with van der Waals surface area (Å²) in [5.74, 6) is 0.872. The van der Waals surface area contributed by atoms with Crippen LogP contribution in [0.3, 0.4) is 0 Å². The molecule has 1 saturated carbocycles. The third kappa shape index (κ3) is 3.96. The van der Waals surface area contributed by atoms with E-state index in [1.807, 2.05) is 0 Å². The van der Waals surface area contributed by atoms with Crippen molar-refractivity contribution in [1.82, 2.24) is 10.2 Å². The van der Waals surface area contributed by atoms with Gasteiger partial charge in [-0.3, -0.25) is 4.90 Å². The van der Waals surface area contributed by atoms with Crippen LogP contribution < -0.4 is 5.32 Å².